The third kappa shape index (κ3) is 11.8. The average Bonchev–Trinajstić information content (AvgIpc) is 2.58. The molecule has 7 heteroatoms. The van der Waals surface area contributed by atoms with Crippen molar-refractivity contribution in [1.82, 2.24) is 21.3 Å². The maximum Gasteiger partial charge on any atom is 0.205 e. The number of guanidine groups is 3. The summed E-state index contributed by atoms with van der Waals surface area (Å²) in [5.41, 5.74) is 1.13. The second-order valence-electron chi connectivity index (χ2n) is 8.14. The number of nitrogens with one attached hydrogen (secondary N) is 4. The fourth-order valence-corrected chi connectivity index (χ4v) is 2.36. The second-order valence-corrected chi connectivity index (χ2v) is 8.14. The molecular weight excluding hydrogens is 362 g/mol. The molecule has 0 saturated carbocycles. The summed E-state index contributed by atoms with van der Waals surface area (Å²) < 4.78 is 0. The van der Waals surface area contributed by atoms with Crippen LogP contribution in [0, 0.1) is 0 Å². The van der Waals surface area contributed by atoms with Crippen LogP contribution in [-0.4, -0.2) is 42.0 Å². The van der Waals surface area contributed by atoms with E-state index in [4.69, 9.17) is 4.99 Å². The Morgan fingerprint density at radius 2 is 1.14 bits per heavy atom. The molecule has 1 aromatic carbocycles. The first-order valence-electron chi connectivity index (χ1n) is 10.5. The molecule has 0 atom stereocenters. The number of nitrogens with zero attached hydrogens (tertiary/aromatic N) is 3. The zero-order chi connectivity index (χ0) is 21.8. The van der Waals surface area contributed by atoms with Gasteiger partial charge in [-0.15, -0.1) is 0 Å². The molecule has 1 aromatic rings. The van der Waals surface area contributed by atoms with Gasteiger partial charge >= 0.3 is 0 Å². The van der Waals surface area contributed by atoms with Crippen LogP contribution in [0.5, 0.6) is 0 Å². The number of hydrogen-bond donors (Lipinski definition) is 4. The fraction of sp³-hybridized carbons (Fsp3) is 0.591. The maximum absolute atomic E-state index is 4.76. The van der Waals surface area contributed by atoms with Gasteiger partial charge in [-0.25, -0.2) is 4.99 Å². The lowest BCUT2D eigenvalue weighted by atomic mass is 10.2. The molecular formula is C22H39N7. The third-order valence-corrected chi connectivity index (χ3v) is 3.36. The van der Waals surface area contributed by atoms with Crippen LogP contribution in [0.4, 0.5) is 0 Å². The van der Waals surface area contributed by atoms with E-state index in [0.717, 1.165) is 5.56 Å². The molecule has 4 N–H and O–H groups in total. The van der Waals surface area contributed by atoms with Crippen molar-refractivity contribution in [2.24, 2.45) is 15.0 Å². The first-order chi connectivity index (χ1) is 13.7. The highest BCUT2D eigenvalue weighted by Crippen LogP contribution is 2.00. The normalized spacial score (nSPS) is 12.6. The van der Waals surface area contributed by atoms with Crippen molar-refractivity contribution in [3.05, 3.63) is 35.9 Å². The predicted octanol–water partition coefficient (Wildman–Crippen LogP) is 3.25. The van der Waals surface area contributed by atoms with Crippen molar-refractivity contribution in [1.29, 1.82) is 0 Å². The van der Waals surface area contributed by atoms with Crippen LogP contribution in [0.2, 0.25) is 0 Å². The van der Waals surface area contributed by atoms with E-state index in [2.05, 4.69) is 71.1 Å². The zero-order valence-electron chi connectivity index (χ0n) is 19.2. The van der Waals surface area contributed by atoms with Gasteiger partial charge < -0.3 is 10.6 Å². The highest BCUT2D eigenvalue weighted by Gasteiger charge is 2.11. The summed E-state index contributed by atoms with van der Waals surface area (Å²) in [6.45, 7) is 17.1. The maximum atomic E-state index is 4.76. The smallest absolute Gasteiger partial charge is 0.205 e. The SMILES string of the molecule is CC(C)N=C(NC(=NCc1ccccc1)NC(=NC(C)C)NC(C)C)NC(C)C. The van der Waals surface area contributed by atoms with Gasteiger partial charge in [-0.3, -0.25) is 20.6 Å². The quantitative estimate of drug-likeness (QED) is 0.435. The van der Waals surface area contributed by atoms with E-state index in [9.17, 15) is 0 Å². The molecule has 1 rings (SSSR count). The summed E-state index contributed by atoms with van der Waals surface area (Å²) in [5.74, 6) is 1.96. The minimum atomic E-state index is 0.150. The van der Waals surface area contributed by atoms with Crippen LogP contribution in [0.15, 0.2) is 45.3 Å². The number of rotatable bonds is 6. The minimum absolute atomic E-state index is 0.150. The lowest BCUT2D eigenvalue weighted by molar-refractivity contribution is 0.698. The minimum Gasteiger partial charge on any atom is -0.354 e. The standard InChI is InChI=1S/C22H39N7/c1-15(2)24-21(25-16(3)4)28-20(23-14-19-12-10-9-11-13-19)29-22(26-17(5)6)27-18(7)8/h9-13,15-18H,14H2,1-8H3,(H4,23,24,25,26,27,28,29). The van der Waals surface area contributed by atoms with Gasteiger partial charge in [0.2, 0.25) is 5.96 Å². The summed E-state index contributed by atoms with van der Waals surface area (Å²) in [4.78, 5) is 14.1. The van der Waals surface area contributed by atoms with Crippen LogP contribution in [-0.2, 0) is 6.54 Å². The summed E-state index contributed by atoms with van der Waals surface area (Å²) in [6.07, 6.45) is 0. The van der Waals surface area contributed by atoms with Crippen LogP contribution < -0.4 is 21.3 Å². The largest absolute Gasteiger partial charge is 0.354 e. The van der Waals surface area contributed by atoms with E-state index in [0.29, 0.717) is 24.4 Å². The Hall–Kier alpha value is -2.57. The molecule has 0 saturated heterocycles. The predicted molar refractivity (Wildman–Crippen MR) is 126 cm³/mol. The monoisotopic (exact) mass is 401 g/mol. The molecule has 162 valence electrons. The molecule has 0 fully saturated rings. The van der Waals surface area contributed by atoms with Crippen molar-refractivity contribution in [2.45, 2.75) is 86.1 Å². The van der Waals surface area contributed by atoms with Crippen molar-refractivity contribution in [3.8, 4) is 0 Å². The Morgan fingerprint density at radius 1 is 0.690 bits per heavy atom. The van der Waals surface area contributed by atoms with Gasteiger partial charge in [0.15, 0.2) is 11.9 Å². The Balaban J connectivity index is 3.14. The molecule has 29 heavy (non-hydrogen) atoms. The number of benzene rings is 1. The van der Waals surface area contributed by atoms with Crippen LogP contribution >= 0.6 is 0 Å². The molecule has 0 spiro atoms. The van der Waals surface area contributed by atoms with Crippen molar-refractivity contribution >= 4 is 17.9 Å². The van der Waals surface area contributed by atoms with Gasteiger partial charge in [-0.1, -0.05) is 30.3 Å². The highest BCUT2D eigenvalue weighted by atomic mass is 15.3. The molecule has 0 aliphatic heterocycles. The van der Waals surface area contributed by atoms with Crippen LogP contribution in [0.1, 0.15) is 61.0 Å². The van der Waals surface area contributed by atoms with Gasteiger partial charge in [0.05, 0.1) is 6.54 Å². The van der Waals surface area contributed by atoms with Crippen molar-refractivity contribution in [3.63, 3.8) is 0 Å². The second kappa shape index (κ2) is 12.8. The van der Waals surface area contributed by atoms with E-state index in [1.165, 1.54) is 0 Å². The number of aliphatic imine (C=N–C) groups is 3. The molecule has 0 aromatic heterocycles. The molecule has 0 heterocycles. The Bertz CT molecular complexity index is 638. The summed E-state index contributed by atoms with van der Waals surface area (Å²) in [7, 11) is 0. The van der Waals surface area contributed by atoms with Crippen LogP contribution in [0.3, 0.4) is 0 Å². The van der Waals surface area contributed by atoms with E-state index < -0.39 is 0 Å². The summed E-state index contributed by atoms with van der Waals surface area (Å²) >= 11 is 0. The lowest BCUT2D eigenvalue weighted by Gasteiger charge is -2.21. The Labute approximate surface area is 176 Å². The summed E-state index contributed by atoms with van der Waals surface area (Å²) in [5, 5.41) is 13.3. The van der Waals surface area contributed by atoms with Crippen molar-refractivity contribution in [2.75, 3.05) is 0 Å². The van der Waals surface area contributed by atoms with Crippen LogP contribution in [0.25, 0.3) is 0 Å². The fourth-order valence-electron chi connectivity index (χ4n) is 2.36. The molecule has 7 nitrogen and oxygen atoms in total. The average molecular weight is 402 g/mol. The van der Waals surface area contributed by atoms with Gasteiger partial charge in [-0.2, -0.15) is 0 Å². The third-order valence-electron chi connectivity index (χ3n) is 3.36. The Morgan fingerprint density at radius 3 is 1.52 bits per heavy atom. The molecule has 0 bridgehead atoms. The van der Waals surface area contributed by atoms with E-state index >= 15 is 0 Å². The summed E-state index contributed by atoms with van der Waals surface area (Å²) in [6, 6.07) is 10.9. The van der Waals surface area contributed by atoms with E-state index in [-0.39, 0.29) is 24.2 Å². The van der Waals surface area contributed by atoms with Gasteiger partial charge in [-0.05, 0) is 61.0 Å². The van der Waals surface area contributed by atoms with Crippen molar-refractivity contribution < 1.29 is 0 Å². The zero-order valence-corrected chi connectivity index (χ0v) is 19.2. The lowest BCUT2D eigenvalue weighted by Crippen LogP contribution is -2.54. The highest BCUT2D eigenvalue weighted by molar-refractivity contribution is 6.06. The topological polar surface area (TPSA) is 85.2 Å². The molecule has 0 radical (unpaired) electrons. The molecule has 0 amide bonds. The first kappa shape index (κ1) is 24.5. The van der Waals surface area contributed by atoms with Gasteiger partial charge in [0, 0.05) is 24.2 Å². The van der Waals surface area contributed by atoms with Gasteiger partial charge in [0.25, 0.3) is 0 Å². The molecule has 0 unspecified atom stereocenters. The van der Waals surface area contributed by atoms with E-state index in [1.807, 2.05) is 45.9 Å². The first-order valence-corrected chi connectivity index (χ1v) is 10.5. The number of hydrogen-bond acceptors (Lipinski definition) is 3. The molecule has 0 aliphatic carbocycles. The molecule has 0 aliphatic rings. The van der Waals surface area contributed by atoms with E-state index in [1.54, 1.807) is 0 Å². The Kier molecular flexibility index (Phi) is 10.8. The van der Waals surface area contributed by atoms with Gasteiger partial charge in [0.1, 0.15) is 0 Å².